The Morgan fingerprint density at radius 2 is 1.62 bits per heavy atom. The molecule has 0 saturated carbocycles. The molecule has 3 aromatic carbocycles. The molecule has 2 heteroatoms. The highest BCUT2D eigenvalue weighted by atomic mass is 14.7. The van der Waals surface area contributed by atoms with Gasteiger partial charge in [0.2, 0.25) is 0 Å². The summed E-state index contributed by atoms with van der Waals surface area (Å²) in [5.41, 5.74) is 3.23. The Kier molecular flexibility index (Phi) is 2.79. The fraction of sp³-hybridized carbons (Fsp3) is 0. The van der Waals surface area contributed by atoms with E-state index in [0.29, 0.717) is 0 Å². The Bertz CT molecular complexity index is 934. The molecule has 0 aliphatic rings. The van der Waals surface area contributed by atoms with Crippen LogP contribution in [0.4, 0.5) is 5.69 Å². The first-order chi connectivity index (χ1) is 10.4. The van der Waals surface area contributed by atoms with Gasteiger partial charge in [-0.3, -0.25) is 4.99 Å². The van der Waals surface area contributed by atoms with Gasteiger partial charge < -0.3 is 4.98 Å². The van der Waals surface area contributed by atoms with Gasteiger partial charge in [0, 0.05) is 23.4 Å². The summed E-state index contributed by atoms with van der Waals surface area (Å²) >= 11 is 0. The van der Waals surface area contributed by atoms with Crippen LogP contribution in [0.3, 0.4) is 0 Å². The van der Waals surface area contributed by atoms with Crippen LogP contribution < -0.4 is 0 Å². The number of hydrogen-bond acceptors (Lipinski definition) is 1. The number of H-pyrrole nitrogens is 1. The van der Waals surface area contributed by atoms with Crippen molar-refractivity contribution in [1.29, 1.82) is 0 Å². The zero-order valence-electron chi connectivity index (χ0n) is 11.5. The number of aliphatic imine (C=N–C) groups is 1. The summed E-state index contributed by atoms with van der Waals surface area (Å²) in [6, 6.07) is 22.7. The Morgan fingerprint density at radius 3 is 2.52 bits per heavy atom. The van der Waals surface area contributed by atoms with Crippen molar-refractivity contribution in [3.8, 4) is 0 Å². The van der Waals surface area contributed by atoms with Crippen molar-refractivity contribution in [2.75, 3.05) is 0 Å². The van der Waals surface area contributed by atoms with Crippen molar-refractivity contribution in [1.82, 2.24) is 4.98 Å². The van der Waals surface area contributed by atoms with Gasteiger partial charge in [-0.25, -0.2) is 0 Å². The second-order valence-corrected chi connectivity index (χ2v) is 5.05. The maximum Gasteiger partial charge on any atom is 0.0629 e. The standard InChI is InChI=1S/C19H14N2/c1-2-7-16(8-3-1)21-13-18-17-9-5-4-6-14(17)12-15-10-11-20-19(15)18/h1-13,20H. The average Bonchev–Trinajstić information content (AvgIpc) is 3.00. The SMILES string of the molecule is C(=Nc1ccccc1)c1c2ccccc2cc2cc[nH]c12. The van der Waals surface area contributed by atoms with E-state index in [9.17, 15) is 0 Å². The first-order valence-corrected chi connectivity index (χ1v) is 7.00. The smallest absolute Gasteiger partial charge is 0.0629 e. The van der Waals surface area contributed by atoms with Gasteiger partial charge in [0.05, 0.1) is 11.2 Å². The van der Waals surface area contributed by atoms with Crippen molar-refractivity contribution >= 4 is 33.6 Å². The lowest BCUT2D eigenvalue weighted by Crippen LogP contribution is -1.87. The molecule has 0 radical (unpaired) electrons. The first-order valence-electron chi connectivity index (χ1n) is 7.00. The minimum Gasteiger partial charge on any atom is -0.361 e. The molecule has 0 spiro atoms. The molecule has 100 valence electrons. The van der Waals surface area contributed by atoms with Gasteiger partial charge in [0.1, 0.15) is 0 Å². The van der Waals surface area contributed by atoms with Crippen LogP contribution in [0.15, 0.2) is 77.9 Å². The molecule has 4 rings (SSSR count). The van der Waals surface area contributed by atoms with E-state index >= 15 is 0 Å². The van der Waals surface area contributed by atoms with Crippen LogP contribution in [0.1, 0.15) is 5.56 Å². The molecule has 0 amide bonds. The van der Waals surface area contributed by atoms with Crippen molar-refractivity contribution in [2.24, 2.45) is 4.99 Å². The van der Waals surface area contributed by atoms with Gasteiger partial charge in [-0.05, 0) is 35.0 Å². The van der Waals surface area contributed by atoms with E-state index in [2.05, 4.69) is 46.4 Å². The molecule has 0 fully saturated rings. The zero-order valence-corrected chi connectivity index (χ0v) is 11.5. The molecular weight excluding hydrogens is 256 g/mol. The van der Waals surface area contributed by atoms with E-state index in [0.717, 1.165) is 16.8 Å². The molecule has 0 bridgehead atoms. The first kappa shape index (κ1) is 11.9. The molecule has 1 aromatic heterocycles. The largest absolute Gasteiger partial charge is 0.361 e. The molecule has 21 heavy (non-hydrogen) atoms. The van der Waals surface area contributed by atoms with E-state index in [1.807, 2.05) is 42.7 Å². The Hall–Kier alpha value is -2.87. The van der Waals surface area contributed by atoms with Crippen LogP contribution in [-0.4, -0.2) is 11.2 Å². The highest BCUT2D eigenvalue weighted by Crippen LogP contribution is 2.26. The molecule has 1 N–H and O–H groups in total. The number of nitrogens with one attached hydrogen (secondary N) is 1. The number of benzene rings is 3. The fourth-order valence-corrected chi connectivity index (χ4v) is 2.69. The number of aromatic nitrogens is 1. The van der Waals surface area contributed by atoms with Crippen LogP contribution in [0, 0.1) is 0 Å². The fourth-order valence-electron chi connectivity index (χ4n) is 2.69. The normalized spacial score (nSPS) is 11.6. The third-order valence-corrected chi connectivity index (χ3v) is 3.71. The van der Waals surface area contributed by atoms with Crippen LogP contribution >= 0.6 is 0 Å². The Labute approximate surface area is 122 Å². The summed E-state index contributed by atoms with van der Waals surface area (Å²) in [7, 11) is 0. The minimum absolute atomic E-state index is 0.963. The number of para-hydroxylation sites is 1. The van der Waals surface area contributed by atoms with Crippen molar-refractivity contribution in [2.45, 2.75) is 0 Å². The topological polar surface area (TPSA) is 28.1 Å². The van der Waals surface area contributed by atoms with Gasteiger partial charge in [0.15, 0.2) is 0 Å². The van der Waals surface area contributed by atoms with Crippen molar-refractivity contribution in [3.63, 3.8) is 0 Å². The number of nitrogens with zero attached hydrogens (tertiary/aromatic N) is 1. The number of hydrogen-bond donors (Lipinski definition) is 1. The van der Waals surface area contributed by atoms with Crippen LogP contribution in [0.5, 0.6) is 0 Å². The summed E-state index contributed by atoms with van der Waals surface area (Å²) in [4.78, 5) is 7.94. The van der Waals surface area contributed by atoms with Crippen LogP contribution in [0.2, 0.25) is 0 Å². The average molecular weight is 270 g/mol. The maximum atomic E-state index is 4.61. The predicted octanol–water partition coefficient (Wildman–Crippen LogP) is 5.07. The maximum absolute atomic E-state index is 4.61. The molecule has 4 aromatic rings. The van der Waals surface area contributed by atoms with E-state index in [4.69, 9.17) is 0 Å². The molecule has 0 aliphatic heterocycles. The second kappa shape index (κ2) is 4.91. The molecular formula is C19H14N2. The highest BCUT2D eigenvalue weighted by Gasteiger charge is 2.06. The van der Waals surface area contributed by atoms with Crippen LogP contribution in [-0.2, 0) is 0 Å². The van der Waals surface area contributed by atoms with E-state index in [1.54, 1.807) is 0 Å². The zero-order chi connectivity index (χ0) is 14.1. The van der Waals surface area contributed by atoms with Gasteiger partial charge >= 0.3 is 0 Å². The van der Waals surface area contributed by atoms with Gasteiger partial charge in [0.25, 0.3) is 0 Å². The van der Waals surface area contributed by atoms with E-state index in [-0.39, 0.29) is 0 Å². The van der Waals surface area contributed by atoms with Gasteiger partial charge in [-0.15, -0.1) is 0 Å². The third-order valence-electron chi connectivity index (χ3n) is 3.71. The molecule has 0 saturated heterocycles. The predicted molar refractivity (Wildman–Crippen MR) is 89.5 cm³/mol. The van der Waals surface area contributed by atoms with Gasteiger partial charge in [-0.1, -0.05) is 42.5 Å². The monoisotopic (exact) mass is 270 g/mol. The molecule has 0 aliphatic carbocycles. The van der Waals surface area contributed by atoms with Crippen molar-refractivity contribution < 1.29 is 0 Å². The van der Waals surface area contributed by atoms with E-state index in [1.165, 1.54) is 16.2 Å². The number of rotatable bonds is 2. The molecule has 2 nitrogen and oxygen atoms in total. The third kappa shape index (κ3) is 2.11. The Balaban J connectivity index is 1.96. The summed E-state index contributed by atoms with van der Waals surface area (Å²) in [5.74, 6) is 0. The van der Waals surface area contributed by atoms with Crippen molar-refractivity contribution in [3.05, 3.63) is 78.5 Å². The highest BCUT2D eigenvalue weighted by molar-refractivity contribution is 6.12. The summed E-state index contributed by atoms with van der Waals surface area (Å²) in [5, 5.41) is 3.66. The quantitative estimate of drug-likeness (QED) is 0.492. The summed E-state index contributed by atoms with van der Waals surface area (Å²) in [6.45, 7) is 0. The lowest BCUT2D eigenvalue weighted by atomic mass is 10.0. The van der Waals surface area contributed by atoms with Crippen LogP contribution in [0.25, 0.3) is 21.7 Å². The van der Waals surface area contributed by atoms with Gasteiger partial charge in [-0.2, -0.15) is 0 Å². The van der Waals surface area contributed by atoms with E-state index < -0.39 is 0 Å². The lowest BCUT2D eigenvalue weighted by molar-refractivity contribution is 1.47. The molecule has 0 atom stereocenters. The Morgan fingerprint density at radius 1 is 0.810 bits per heavy atom. The number of aromatic amines is 1. The summed E-state index contributed by atoms with van der Waals surface area (Å²) in [6.07, 6.45) is 3.93. The summed E-state index contributed by atoms with van der Waals surface area (Å²) < 4.78 is 0. The molecule has 0 unspecified atom stereocenters. The minimum atomic E-state index is 0.963. The second-order valence-electron chi connectivity index (χ2n) is 5.05. The lowest BCUT2D eigenvalue weighted by Gasteiger charge is -2.04. The number of fused-ring (bicyclic) bond motifs is 2. The molecule has 1 heterocycles.